The summed E-state index contributed by atoms with van der Waals surface area (Å²) in [5, 5.41) is 0. The van der Waals surface area contributed by atoms with Gasteiger partial charge in [-0.3, -0.25) is 4.79 Å². The maximum Gasteiger partial charge on any atom is 0.223 e. The van der Waals surface area contributed by atoms with Gasteiger partial charge in [0.2, 0.25) is 11.9 Å². The molecule has 154 valence electrons. The summed E-state index contributed by atoms with van der Waals surface area (Å²) in [6.45, 7) is 4.34. The lowest BCUT2D eigenvalue weighted by Crippen LogP contribution is -2.53. The monoisotopic (exact) mass is 388 g/mol. The third-order valence-electron chi connectivity index (χ3n) is 6.52. The number of carbonyl (C=O) groups is 1. The van der Waals surface area contributed by atoms with Gasteiger partial charge in [-0.25, -0.2) is 0 Å². The van der Waals surface area contributed by atoms with E-state index in [1.165, 1.54) is 0 Å². The van der Waals surface area contributed by atoms with Crippen LogP contribution in [0.2, 0.25) is 0 Å². The smallest absolute Gasteiger partial charge is 0.223 e. The number of nitrogens with two attached hydrogens (primary N) is 1. The van der Waals surface area contributed by atoms with Crippen LogP contribution in [0.25, 0.3) is 0 Å². The van der Waals surface area contributed by atoms with Crippen molar-refractivity contribution in [1.82, 2.24) is 14.9 Å². The number of carbonyl (C=O) groups excluding carboxylic acids is 1. The zero-order valence-corrected chi connectivity index (χ0v) is 17.1. The first-order valence-electron chi connectivity index (χ1n) is 10.4. The lowest BCUT2D eigenvalue weighted by atomic mass is 9.72. The van der Waals surface area contributed by atoms with Gasteiger partial charge >= 0.3 is 0 Å². The number of anilines is 3. The molecule has 1 atom stereocenters. The molecule has 8 nitrogen and oxygen atoms in total. The first kappa shape index (κ1) is 19.2. The van der Waals surface area contributed by atoms with Crippen LogP contribution in [-0.2, 0) is 9.53 Å². The number of aromatic nitrogens is 2. The Morgan fingerprint density at radius 2 is 2.07 bits per heavy atom. The summed E-state index contributed by atoms with van der Waals surface area (Å²) in [6.07, 6.45) is 6.23. The predicted molar refractivity (Wildman–Crippen MR) is 109 cm³/mol. The molecule has 0 aromatic carbocycles. The molecule has 1 spiro atoms. The number of amides is 1. The van der Waals surface area contributed by atoms with E-state index in [-0.39, 0.29) is 11.5 Å². The highest BCUT2D eigenvalue weighted by atomic mass is 16.5. The van der Waals surface area contributed by atoms with E-state index in [2.05, 4.69) is 19.8 Å². The summed E-state index contributed by atoms with van der Waals surface area (Å²) in [5.74, 6) is 2.33. The molecule has 1 aromatic heterocycles. The van der Waals surface area contributed by atoms with Gasteiger partial charge in [-0.05, 0) is 37.5 Å². The van der Waals surface area contributed by atoms with Crippen LogP contribution in [0.15, 0.2) is 6.07 Å². The zero-order valence-electron chi connectivity index (χ0n) is 17.1. The minimum Gasteiger partial charge on any atom is -0.376 e. The van der Waals surface area contributed by atoms with Crippen LogP contribution in [-0.4, -0.2) is 73.8 Å². The van der Waals surface area contributed by atoms with E-state index in [1.54, 1.807) is 0 Å². The molecule has 0 aliphatic carbocycles. The molecule has 1 aromatic rings. The average molecular weight is 389 g/mol. The van der Waals surface area contributed by atoms with E-state index < -0.39 is 0 Å². The van der Waals surface area contributed by atoms with E-state index in [1.807, 2.05) is 25.1 Å². The van der Waals surface area contributed by atoms with Gasteiger partial charge in [0, 0.05) is 59.4 Å². The van der Waals surface area contributed by atoms with Crippen molar-refractivity contribution in [3.05, 3.63) is 6.07 Å². The molecular formula is C20H32N6O2. The molecule has 0 unspecified atom stereocenters. The highest BCUT2D eigenvalue weighted by Gasteiger charge is 2.42. The van der Waals surface area contributed by atoms with Crippen molar-refractivity contribution in [2.45, 2.75) is 44.6 Å². The Labute approximate surface area is 167 Å². The maximum atomic E-state index is 12.5. The summed E-state index contributed by atoms with van der Waals surface area (Å²) in [7, 11) is 3.91. The third-order valence-corrected chi connectivity index (χ3v) is 6.52. The van der Waals surface area contributed by atoms with Crippen molar-refractivity contribution in [2.75, 3.05) is 62.4 Å². The second kappa shape index (κ2) is 7.73. The summed E-state index contributed by atoms with van der Waals surface area (Å²) >= 11 is 0. The second-order valence-corrected chi connectivity index (χ2v) is 8.73. The molecule has 4 rings (SSSR count). The number of rotatable bonds is 4. The van der Waals surface area contributed by atoms with Crippen molar-refractivity contribution in [3.63, 3.8) is 0 Å². The molecule has 2 N–H and O–H groups in total. The van der Waals surface area contributed by atoms with Gasteiger partial charge in [0.05, 0.1) is 6.10 Å². The standard InChI is InChI=1S/C20H32N6O2/c1-24(2)16-12-17(23-19(21)22-16)25-9-7-20(8-10-25)6-5-18(27)26(14-20)13-15-4-3-11-28-15/h12,15H,3-11,13-14H2,1-2H3,(H2,21,22,23)/t15-/m1/s1. The van der Waals surface area contributed by atoms with Crippen molar-refractivity contribution in [2.24, 2.45) is 5.41 Å². The van der Waals surface area contributed by atoms with Crippen LogP contribution < -0.4 is 15.5 Å². The van der Waals surface area contributed by atoms with E-state index in [4.69, 9.17) is 10.5 Å². The van der Waals surface area contributed by atoms with Gasteiger partial charge in [-0.2, -0.15) is 9.97 Å². The number of likely N-dealkylation sites (tertiary alicyclic amines) is 1. The highest BCUT2D eigenvalue weighted by molar-refractivity contribution is 5.77. The molecule has 0 bridgehead atoms. The summed E-state index contributed by atoms with van der Waals surface area (Å²) in [4.78, 5) is 27.5. The van der Waals surface area contributed by atoms with Gasteiger partial charge < -0.3 is 25.2 Å². The fourth-order valence-corrected chi connectivity index (χ4v) is 4.75. The fraction of sp³-hybridized carbons (Fsp3) is 0.750. The normalized spacial score (nSPS) is 24.8. The number of piperidine rings is 2. The van der Waals surface area contributed by atoms with Gasteiger partial charge in [-0.15, -0.1) is 0 Å². The molecule has 28 heavy (non-hydrogen) atoms. The van der Waals surface area contributed by atoms with E-state index >= 15 is 0 Å². The molecule has 3 saturated heterocycles. The van der Waals surface area contributed by atoms with Crippen molar-refractivity contribution in [3.8, 4) is 0 Å². The molecular weight excluding hydrogens is 356 g/mol. The lowest BCUT2D eigenvalue weighted by molar-refractivity contribution is -0.140. The van der Waals surface area contributed by atoms with E-state index in [9.17, 15) is 4.79 Å². The minimum absolute atomic E-state index is 0.228. The number of ether oxygens (including phenoxy) is 1. The van der Waals surface area contributed by atoms with Crippen molar-refractivity contribution < 1.29 is 9.53 Å². The lowest BCUT2D eigenvalue weighted by Gasteiger charge is -2.48. The molecule has 3 fully saturated rings. The summed E-state index contributed by atoms with van der Waals surface area (Å²) in [6, 6.07) is 2.00. The van der Waals surface area contributed by atoms with Crippen LogP contribution in [0.1, 0.15) is 38.5 Å². The molecule has 1 amide bonds. The van der Waals surface area contributed by atoms with E-state index in [0.717, 1.165) is 76.5 Å². The predicted octanol–water partition coefficient (Wildman–Crippen LogP) is 1.51. The SMILES string of the molecule is CN(C)c1cc(N2CCC3(CCC(=O)N(C[C@H]4CCCO4)C3)CC2)nc(N)n1. The van der Waals surface area contributed by atoms with Gasteiger partial charge in [0.25, 0.3) is 0 Å². The van der Waals surface area contributed by atoms with E-state index in [0.29, 0.717) is 18.3 Å². The summed E-state index contributed by atoms with van der Waals surface area (Å²) in [5.41, 5.74) is 6.15. The number of nitrogens with zero attached hydrogens (tertiary/aromatic N) is 5. The average Bonchev–Trinajstić information content (AvgIpc) is 3.18. The summed E-state index contributed by atoms with van der Waals surface area (Å²) < 4.78 is 5.76. The van der Waals surface area contributed by atoms with Crippen LogP contribution in [0, 0.1) is 5.41 Å². The Morgan fingerprint density at radius 3 is 2.75 bits per heavy atom. The van der Waals surface area contributed by atoms with Crippen LogP contribution in [0.5, 0.6) is 0 Å². The Kier molecular flexibility index (Phi) is 5.31. The maximum absolute atomic E-state index is 12.5. The molecule has 3 aliphatic heterocycles. The van der Waals surface area contributed by atoms with Gasteiger partial charge in [0.1, 0.15) is 11.6 Å². The Bertz CT molecular complexity index is 711. The van der Waals surface area contributed by atoms with Crippen molar-refractivity contribution in [1.29, 1.82) is 0 Å². The van der Waals surface area contributed by atoms with Crippen LogP contribution in [0.3, 0.4) is 0 Å². The first-order chi connectivity index (χ1) is 13.4. The quantitative estimate of drug-likeness (QED) is 0.836. The molecule has 4 heterocycles. The number of hydrogen-bond acceptors (Lipinski definition) is 7. The minimum atomic E-state index is 0.228. The first-order valence-corrected chi connectivity index (χ1v) is 10.4. The largest absolute Gasteiger partial charge is 0.376 e. The molecule has 3 aliphatic rings. The highest BCUT2D eigenvalue weighted by Crippen LogP contribution is 2.41. The second-order valence-electron chi connectivity index (χ2n) is 8.73. The topological polar surface area (TPSA) is 87.8 Å². The Balaban J connectivity index is 1.41. The van der Waals surface area contributed by atoms with Crippen molar-refractivity contribution >= 4 is 23.5 Å². The van der Waals surface area contributed by atoms with Gasteiger partial charge in [0.15, 0.2) is 0 Å². The molecule has 0 saturated carbocycles. The van der Waals surface area contributed by atoms with Crippen LogP contribution >= 0.6 is 0 Å². The third kappa shape index (κ3) is 4.01. The number of hydrogen-bond donors (Lipinski definition) is 1. The van der Waals surface area contributed by atoms with Gasteiger partial charge in [-0.1, -0.05) is 0 Å². The Hall–Kier alpha value is -2.09. The molecule has 0 radical (unpaired) electrons. The molecule has 8 heteroatoms. The fourth-order valence-electron chi connectivity index (χ4n) is 4.75. The Morgan fingerprint density at radius 1 is 1.29 bits per heavy atom. The zero-order chi connectivity index (χ0) is 19.7. The van der Waals surface area contributed by atoms with Crippen LogP contribution in [0.4, 0.5) is 17.6 Å². The number of nitrogen functional groups attached to an aromatic ring is 1.